The SMILES string of the molecule is C#CCNCC1CCCCO1. The van der Waals surface area contributed by atoms with E-state index in [1.54, 1.807) is 0 Å². The zero-order chi connectivity index (χ0) is 7.94. The van der Waals surface area contributed by atoms with Crippen molar-refractivity contribution < 1.29 is 4.74 Å². The third-order valence-corrected chi connectivity index (χ3v) is 1.87. The van der Waals surface area contributed by atoms with Crippen molar-refractivity contribution in [3.8, 4) is 12.3 Å². The summed E-state index contributed by atoms with van der Waals surface area (Å²) in [5.74, 6) is 2.54. The predicted octanol–water partition coefficient (Wildman–Crippen LogP) is 0.778. The van der Waals surface area contributed by atoms with Crippen LogP contribution in [0.4, 0.5) is 0 Å². The molecule has 1 saturated heterocycles. The van der Waals surface area contributed by atoms with Crippen molar-refractivity contribution in [1.29, 1.82) is 0 Å². The number of hydrogen-bond donors (Lipinski definition) is 1. The second kappa shape index (κ2) is 5.17. The highest BCUT2D eigenvalue weighted by molar-refractivity contribution is 4.86. The molecule has 1 atom stereocenters. The summed E-state index contributed by atoms with van der Waals surface area (Å²) >= 11 is 0. The predicted molar refractivity (Wildman–Crippen MR) is 45.3 cm³/mol. The molecule has 0 saturated carbocycles. The monoisotopic (exact) mass is 153 g/mol. The molecular formula is C9H15NO. The van der Waals surface area contributed by atoms with Gasteiger partial charge in [-0.2, -0.15) is 0 Å². The third-order valence-electron chi connectivity index (χ3n) is 1.87. The highest BCUT2D eigenvalue weighted by Gasteiger charge is 2.11. The van der Waals surface area contributed by atoms with Gasteiger partial charge in [-0.1, -0.05) is 5.92 Å². The zero-order valence-electron chi connectivity index (χ0n) is 6.81. The van der Waals surface area contributed by atoms with Crippen LogP contribution in [0.5, 0.6) is 0 Å². The number of hydrogen-bond acceptors (Lipinski definition) is 2. The van der Waals surface area contributed by atoms with Crippen molar-refractivity contribution >= 4 is 0 Å². The molecule has 2 nitrogen and oxygen atoms in total. The second-order valence-corrected chi connectivity index (χ2v) is 2.82. The Hall–Kier alpha value is -0.520. The van der Waals surface area contributed by atoms with Gasteiger partial charge in [0.1, 0.15) is 0 Å². The summed E-state index contributed by atoms with van der Waals surface area (Å²) in [7, 11) is 0. The molecule has 1 rings (SSSR count). The maximum atomic E-state index is 5.49. The lowest BCUT2D eigenvalue weighted by Crippen LogP contribution is -2.31. The lowest BCUT2D eigenvalue weighted by atomic mass is 10.1. The van der Waals surface area contributed by atoms with E-state index in [4.69, 9.17) is 11.2 Å². The molecule has 0 bridgehead atoms. The molecule has 0 aromatic heterocycles. The van der Waals surface area contributed by atoms with Crippen molar-refractivity contribution in [3.63, 3.8) is 0 Å². The maximum absolute atomic E-state index is 5.49. The minimum absolute atomic E-state index is 0.400. The van der Waals surface area contributed by atoms with E-state index >= 15 is 0 Å². The molecule has 2 heteroatoms. The maximum Gasteiger partial charge on any atom is 0.0699 e. The smallest absolute Gasteiger partial charge is 0.0699 e. The summed E-state index contributed by atoms with van der Waals surface area (Å²) in [5.41, 5.74) is 0. The van der Waals surface area contributed by atoms with E-state index in [-0.39, 0.29) is 0 Å². The highest BCUT2D eigenvalue weighted by Crippen LogP contribution is 2.11. The third kappa shape index (κ3) is 3.41. The van der Waals surface area contributed by atoms with Gasteiger partial charge in [-0.15, -0.1) is 6.42 Å². The number of nitrogens with one attached hydrogen (secondary N) is 1. The van der Waals surface area contributed by atoms with Gasteiger partial charge in [-0.3, -0.25) is 0 Å². The van der Waals surface area contributed by atoms with E-state index in [0.717, 1.165) is 13.2 Å². The molecule has 1 heterocycles. The molecule has 0 aliphatic carbocycles. The van der Waals surface area contributed by atoms with Crippen LogP contribution < -0.4 is 5.32 Å². The summed E-state index contributed by atoms with van der Waals surface area (Å²) in [4.78, 5) is 0. The standard InChI is InChI=1S/C9H15NO/c1-2-6-10-8-9-5-3-4-7-11-9/h1,9-10H,3-8H2. The van der Waals surface area contributed by atoms with E-state index < -0.39 is 0 Å². The first-order valence-electron chi connectivity index (χ1n) is 4.19. The van der Waals surface area contributed by atoms with Crippen LogP contribution >= 0.6 is 0 Å². The summed E-state index contributed by atoms with van der Waals surface area (Å²) in [5, 5.41) is 3.14. The van der Waals surface area contributed by atoms with Crippen LogP contribution in [0.2, 0.25) is 0 Å². The van der Waals surface area contributed by atoms with Gasteiger partial charge in [0.05, 0.1) is 12.6 Å². The second-order valence-electron chi connectivity index (χ2n) is 2.82. The normalized spacial score (nSPS) is 24.5. The molecule has 0 spiro atoms. The van der Waals surface area contributed by atoms with Crippen molar-refractivity contribution in [2.24, 2.45) is 0 Å². The van der Waals surface area contributed by atoms with Gasteiger partial charge >= 0.3 is 0 Å². The zero-order valence-corrected chi connectivity index (χ0v) is 6.81. The molecule has 1 aliphatic rings. The number of rotatable bonds is 3. The summed E-state index contributed by atoms with van der Waals surface area (Å²) in [6.45, 7) is 2.48. The van der Waals surface area contributed by atoms with Gasteiger partial charge < -0.3 is 10.1 Å². The summed E-state index contributed by atoms with van der Waals surface area (Å²) in [6.07, 6.45) is 9.18. The van der Waals surface area contributed by atoms with Crippen LogP contribution in [-0.2, 0) is 4.74 Å². The number of ether oxygens (including phenoxy) is 1. The average molecular weight is 153 g/mol. The van der Waals surface area contributed by atoms with Crippen LogP contribution in [-0.4, -0.2) is 25.8 Å². The van der Waals surface area contributed by atoms with Gasteiger partial charge in [0.2, 0.25) is 0 Å². The van der Waals surface area contributed by atoms with Crippen molar-refractivity contribution in [3.05, 3.63) is 0 Å². The lowest BCUT2D eigenvalue weighted by Gasteiger charge is -2.22. The summed E-state index contributed by atoms with van der Waals surface area (Å²) < 4.78 is 5.49. The molecule has 1 fully saturated rings. The van der Waals surface area contributed by atoms with Gasteiger partial charge in [0.15, 0.2) is 0 Å². The summed E-state index contributed by atoms with van der Waals surface area (Å²) in [6, 6.07) is 0. The van der Waals surface area contributed by atoms with Crippen molar-refractivity contribution in [2.75, 3.05) is 19.7 Å². The quantitative estimate of drug-likeness (QED) is 0.478. The van der Waals surface area contributed by atoms with Crippen LogP contribution in [0.3, 0.4) is 0 Å². The van der Waals surface area contributed by atoms with E-state index in [1.807, 2.05) is 0 Å². The topological polar surface area (TPSA) is 21.3 Å². The Bertz CT molecular complexity index is 133. The van der Waals surface area contributed by atoms with Crippen LogP contribution in [0.15, 0.2) is 0 Å². The van der Waals surface area contributed by atoms with E-state index in [0.29, 0.717) is 12.6 Å². The number of terminal acetylenes is 1. The Kier molecular flexibility index (Phi) is 4.03. The van der Waals surface area contributed by atoms with Crippen LogP contribution in [0.1, 0.15) is 19.3 Å². The Morgan fingerprint density at radius 3 is 3.09 bits per heavy atom. The minimum atomic E-state index is 0.400. The molecule has 0 aromatic carbocycles. The molecular weight excluding hydrogens is 138 g/mol. The van der Waals surface area contributed by atoms with Crippen LogP contribution in [0, 0.1) is 12.3 Å². The van der Waals surface area contributed by atoms with Crippen LogP contribution in [0.25, 0.3) is 0 Å². The highest BCUT2D eigenvalue weighted by atomic mass is 16.5. The fraction of sp³-hybridized carbons (Fsp3) is 0.778. The van der Waals surface area contributed by atoms with Gasteiger partial charge in [0.25, 0.3) is 0 Å². The molecule has 62 valence electrons. The largest absolute Gasteiger partial charge is 0.377 e. The molecule has 1 unspecified atom stereocenters. The fourth-order valence-corrected chi connectivity index (χ4v) is 1.27. The molecule has 11 heavy (non-hydrogen) atoms. The Balaban J connectivity index is 2.01. The molecule has 0 amide bonds. The van der Waals surface area contributed by atoms with Gasteiger partial charge in [-0.05, 0) is 19.3 Å². The van der Waals surface area contributed by atoms with Crippen molar-refractivity contribution in [2.45, 2.75) is 25.4 Å². The van der Waals surface area contributed by atoms with Gasteiger partial charge in [0, 0.05) is 13.2 Å². The van der Waals surface area contributed by atoms with E-state index in [1.165, 1.54) is 19.3 Å². The first-order valence-corrected chi connectivity index (χ1v) is 4.19. The Morgan fingerprint density at radius 1 is 1.55 bits per heavy atom. The Morgan fingerprint density at radius 2 is 2.45 bits per heavy atom. The first kappa shape index (κ1) is 8.58. The molecule has 0 radical (unpaired) electrons. The van der Waals surface area contributed by atoms with E-state index in [2.05, 4.69) is 11.2 Å². The van der Waals surface area contributed by atoms with E-state index in [9.17, 15) is 0 Å². The Labute approximate surface area is 68.3 Å². The molecule has 1 aliphatic heterocycles. The first-order chi connectivity index (χ1) is 5.43. The van der Waals surface area contributed by atoms with Gasteiger partial charge in [-0.25, -0.2) is 0 Å². The molecule has 1 N–H and O–H groups in total. The fourth-order valence-electron chi connectivity index (χ4n) is 1.27. The lowest BCUT2D eigenvalue weighted by molar-refractivity contribution is 0.0176. The van der Waals surface area contributed by atoms with Crippen molar-refractivity contribution in [1.82, 2.24) is 5.32 Å². The average Bonchev–Trinajstić information content (AvgIpc) is 2.07. The molecule has 0 aromatic rings. The minimum Gasteiger partial charge on any atom is -0.377 e.